The summed E-state index contributed by atoms with van der Waals surface area (Å²) in [6, 6.07) is 7.80. The Morgan fingerprint density at radius 2 is 1.79 bits per heavy atom. The van der Waals surface area contributed by atoms with Gasteiger partial charge in [-0.1, -0.05) is 39.3 Å². The van der Waals surface area contributed by atoms with Gasteiger partial charge >= 0.3 is 0 Å². The highest BCUT2D eigenvalue weighted by molar-refractivity contribution is 5.72. The average Bonchev–Trinajstić information content (AvgIpc) is 2.61. The monoisotopic (exact) mass is 191 g/mol. The molecular formula is C12H17NO. The van der Waals surface area contributed by atoms with E-state index in [4.69, 9.17) is 4.42 Å². The van der Waals surface area contributed by atoms with Crippen molar-refractivity contribution in [3.63, 3.8) is 0 Å². The van der Waals surface area contributed by atoms with Crippen LogP contribution in [0.1, 0.15) is 33.1 Å². The molecule has 0 aliphatic heterocycles. The van der Waals surface area contributed by atoms with Gasteiger partial charge in [-0.3, -0.25) is 0 Å². The van der Waals surface area contributed by atoms with Gasteiger partial charge in [0.15, 0.2) is 11.5 Å². The summed E-state index contributed by atoms with van der Waals surface area (Å²) < 4.78 is 5.41. The highest BCUT2D eigenvalue weighted by atomic mass is 16.3. The summed E-state index contributed by atoms with van der Waals surface area (Å²) in [5.74, 6) is 0.811. The zero-order valence-corrected chi connectivity index (χ0v) is 9.08. The molecule has 0 bridgehead atoms. The predicted octanol–water partition coefficient (Wildman–Crippen LogP) is 3.81. The maximum atomic E-state index is 5.41. The molecule has 0 saturated carbocycles. The van der Waals surface area contributed by atoms with Gasteiger partial charge < -0.3 is 4.42 Å². The van der Waals surface area contributed by atoms with Gasteiger partial charge in [-0.05, 0) is 12.1 Å². The quantitative estimate of drug-likeness (QED) is 0.685. The molecule has 2 aromatic rings. The van der Waals surface area contributed by atoms with Gasteiger partial charge in [0.25, 0.3) is 0 Å². The molecule has 0 radical (unpaired) electrons. The number of nitrogens with zero attached hydrogens (tertiary/aromatic N) is 1. The SMILES string of the molecule is CCC.CCc1nc2ccccc2o1. The van der Waals surface area contributed by atoms with Crippen molar-refractivity contribution in [2.24, 2.45) is 0 Å². The number of hydrogen-bond acceptors (Lipinski definition) is 2. The molecule has 1 aromatic heterocycles. The van der Waals surface area contributed by atoms with Crippen LogP contribution in [0.15, 0.2) is 28.7 Å². The van der Waals surface area contributed by atoms with Crippen molar-refractivity contribution in [2.45, 2.75) is 33.6 Å². The van der Waals surface area contributed by atoms with E-state index in [-0.39, 0.29) is 0 Å². The molecule has 1 aromatic carbocycles. The minimum atomic E-state index is 0.811. The molecule has 2 nitrogen and oxygen atoms in total. The fraction of sp³-hybridized carbons (Fsp3) is 0.417. The maximum absolute atomic E-state index is 5.41. The lowest BCUT2D eigenvalue weighted by Crippen LogP contribution is -1.74. The van der Waals surface area contributed by atoms with E-state index < -0.39 is 0 Å². The van der Waals surface area contributed by atoms with Gasteiger partial charge in [-0.2, -0.15) is 0 Å². The third kappa shape index (κ3) is 2.59. The summed E-state index contributed by atoms with van der Waals surface area (Å²) in [5.41, 5.74) is 1.83. The average molecular weight is 191 g/mol. The first-order chi connectivity index (χ1) is 6.81. The van der Waals surface area contributed by atoms with Gasteiger partial charge in [0.05, 0.1) is 0 Å². The van der Waals surface area contributed by atoms with Gasteiger partial charge in [0.2, 0.25) is 0 Å². The Kier molecular flexibility index (Phi) is 4.17. The number of para-hydroxylation sites is 2. The molecule has 0 saturated heterocycles. The molecule has 76 valence electrons. The summed E-state index contributed by atoms with van der Waals surface area (Å²) >= 11 is 0. The topological polar surface area (TPSA) is 26.0 Å². The zero-order valence-electron chi connectivity index (χ0n) is 9.08. The summed E-state index contributed by atoms with van der Waals surface area (Å²) in [7, 11) is 0. The van der Waals surface area contributed by atoms with Crippen molar-refractivity contribution in [2.75, 3.05) is 0 Å². The van der Waals surface area contributed by atoms with Gasteiger partial charge in [0, 0.05) is 6.42 Å². The zero-order chi connectivity index (χ0) is 10.4. The van der Waals surface area contributed by atoms with Crippen LogP contribution in [-0.2, 0) is 6.42 Å². The Hall–Kier alpha value is -1.31. The van der Waals surface area contributed by atoms with Crippen LogP contribution >= 0.6 is 0 Å². The molecule has 1 heterocycles. The van der Waals surface area contributed by atoms with Crippen molar-refractivity contribution in [1.82, 2.24) is 4.98 Å². The number of fused-ring (bicyclic) bond motifs is 1. The van der Waals surface area contributed by atoms with Gasteiger partial charge in [0.1, 0.15) is 5.52 Å². The Morgan fingerprint density at radius 3 is 2.36 bits per heavy atom. The first-order valence-electron chi connectivity index (χ1n) is 5.16. The van der Waals surface area contributed by atoms with E-state index in [9.17, 15) is 0 Å². The maximum Gasteiger partial charge on any atom is 0.195 e. The summed E-state index contributed by atoms with van der Waals surface area (Å²) in [4.78, 5) is 4.26. The third-order valence-corrected chi connectivity index (χ3v) is 1.64. The van der Waals surface area contributed by atoms with Crippen LogP contribution in [0.25, 0.3) is 11.1 Å². The number of benzene rings is 1. The lowest BCUT2D eigenvalue weighted by Gasteiger charge is -1.80. The number of aromatic nitrogens is 1. The van der Waals surface area contributed by atoms with E-state index in [1.807, 2.05) is 31.2 Å². The van der Waals surface area contributed by atoms with E-state index in [0.29, 0.717) is 0 Å². The lowest BCUT2D eigenvalue weighted by atomic mass is 10.3. The van der Waals surface area contributed by atoms with Crippen LogP contribution in [-0.4, -0.2) is 4.98 Å². The van der Waals surface area contributed by atoms with Crippen LogP contribution in [0.4, 0.5) is 0 Å². The van der Waals surface area contributed by atoms with Crippen molar-refractivity contribution in [3.8, 4) is 0 Å². The van der Waals surface area contributed by atoms with E-state index >= 15 is 0 Å². The molecule has 0 aliphatic rings. The molecule has 0 atom stereocenters. The Bertz CT molecular complexity index is 345. The molecule has 2 heteroatoms. The molecular weight excluding hydrogens is 174 g/mol. The lowest BCUT2D eigenvalue weighted by molar-refractivity contribution is 0.538. The standard InChI is InChI=1S/C9H9NO.C3H8/c1-2-9-10-7-5-3-4-6-8(7)11-9;1-3-2/h3-6H,2H2,1H3;3H2,1-2H3. The predicted molar refractivity (Wildman–Crippen MR) is 59.4 cm³/mol. The number of aryl methyl sites for hydroxylation is 1. The highest BCUT2D eigenvalue weighted by Gasteiger charge is 2.00. The van der Waals surface area contributed by atoms with Crippen molar-refractivity contribution >= 4 is 11.1 Å². The van der Waals surface area contributed by atoms with Gasteiger partial charge in [-0.25, -0.2) is 4.98 Å². The fourth-order valence-corrected chi connectivity index (χ4v) is 1.07. The second-order valence-corrected chi connectivity index (χ2v) is 3.14. The highest BCUT2D eigenvalue weighted by Crippen LogP contribution is 2.14. The number of rotatable bonds is 1. The molecule has 0 aliphatic carbocycles. The van der Waals surface area contributed by atoms with E-state index in [1.54, 1.807) is 0 Å². The van der Waals surface area contributed by atoms with Crippen LogP contribution in [0.3, 0.4) is 0 Å². The summed E-state index contributed by atoms with van der Waals surface area (Å²) in [6.07, 6.45) is 2.11. The molecule has 0 unspecified atom stereocenters. The Morgan fingerprint density at radius 1 is 1.14 bits per heavy atom. The first-order valence-corrected chi connectivity index (χ1v) is 5.16. The summed E-state index contributed by atoms with van der Waals surface area (Å²) in [6.45, 7) is 6.28. The van der Waals surface area contributed by atoms with Crippen LogP contribution < -0.4 is 0 Å². The first kappa shape index (κ1) is 10.8. The molecule has 2 rings (SSSR count). The van der Waals surface area contributed by atoms with E-state index in [0.717, 1.165) is 23.4 Å². The minimum absolute atomic E-state index is 0.811. The van der Waals surface area contributed by atoms with Crippen molar-refractivity contribution < 1.29 is 4.42 Å². The Labute approximate surface area is 85.0 Å². The van der Waals surface area contributed by atoms with Crippen LogP contribution in [0.2, 0.25) is 0 Å². The number of hydrogen-bond donors (Lipinski definition) is 0. The summed E-state index contributed by atoms with van der Waals surface area (Å²) in [5, 5.41) is 0. The molecule has 14 heavy (non-hydrogen) atoms. The van der Waals surface area contributed by atoms with E-state index in [1.165, 1.54) is 6.42 Å². The number of oxazole rings is 1. The fourth-order valence-electron chi connectivity index (χ4n) is 1.07. The molecule has 0 amide bonds. The van der Waals surface area contributed by atoms with Crippen LogP contribution in [0.5, 0.6) is 0 Å². The van der Waals surface area contributed by atoms with E-state index in [2.05, 4.69) is 18.8 Å². The molecule has 0 fully saturated rings. The van der Waals surface area contributed by atoms with Gasteiger partial charge in [-0.15, -0.1) is 0 Å². The van der Waals surface area contributed by atoms with Crippen LogP contribution in [0, 0.1) is 0 Å². The second-order valence-electron chi connectivity index (χ2n) is 3.14. The third-order valence-electron chi connectivity index (χ3n) is 1.64. The van der Waals surface area contributed by atoms with Crippen molar-refractivity contribution in [1.29, 1.82) is 0 Å². The normalized spacial score (nSPS) is 9.64. The van der Waals surface area contributed by atoms with Crippen molar-refractivity contribution in [3.05, 3.63) is 30.2 Å². The largest absolute Gasteiger partial charge is 0.441 e. The smallest absolute Gasteiger partial charge is 0.195 e. The minimum Gasteiger partial charge on any atom is -0.441 e. The Balaban J connectivity index is 0.000000293. The molecule has 0 N–H and O–H groups in total. The molecule has 0 spiro atoms. The second kappa shape index (κ2) is 5.43.